The highest BCUT2D eigenvalue weighted by molar-refractivity contribution is 5.87. The average Bonchev–Trinajstić information content (AvgIpc) is 1.95. The molecule has 1 saturated heterocycles. The van der Waals surface area contributed by atoms with Crippen LogP contribution in [-0.4, -0.2) is 29.4 Å². The molecule has 0 aromatic rings. The average molecular weight is 184 g/mol. The van der Waals surface area contributed by atoms with Crippen molar-refractivity contribution >= 4 is 5.91 Å². The van der Waals surface area contributed by atoms with Gasteiger partial charge in [0.15, 0.2) is 0 Å². The van der Waals surface area contributed by atoms with Gasteiger partial charge in [0.2, 0.25) is 5.91 Å². The Balaban J connectivity index is 2.42. The molecule has 0 aromatic carbocycles. The predicted molar refractivity (Wildman–Crippen MR) is 53.2 cm³/mol. The van der Waals surface area contributed by atoms with Gasteiger partial charge in [-0.25, -0.2) is 0 Å². The summed E-state index contributed by atoms with van der Waals surface area (Å²) in [7, 11) is 0. The Bertz CT molecular complexity index is 207. The second-order valence-corrected chi connectivity index (χ2v) is 5.21. The Morgan fingerprint density at radius 3 is 2.46 bits per heavy atom. The molecule has 2 atom stereocenters. The third kappa shape index (κ3) is 2.44. The van der Waals surface area contributed by atoms with E-state index in [1.54, 1.807) is 0 Å². The first kappa shape index (κ1) is 10.5. The summed E-state index contributed by atoms with van der Waals surface area (Å²) < 4.78 is 0. The fraction of sp³-hybridized carbons (Fsp3) is 0.900. The van der Waals surface area contributed by atoms with Gasteiger partial charge in [0.05, 0.1) is 0 Å². The van der Waals surface area contributed by atoms with Gasteiger partial charge in [-0.1, -0.05) is 20.8 Å². The molecular weight excluding hydrogens is 164 g/mol. The van der Waals surface area contributed by atoms with E-state index in [1.807, 2.05) is 4.90 Å². The minimum absolute atomic E-state index is 0.108. The topological polar surface area (TPSA) is 46.3 Å². The highest BCUT2D eigenvalue weighted by atomic mass is 16.2. The quantitative estimate of drug-likeness (QED) is 0.650. The van der Waals surface area contributed by atoms with Crippen LogP contribution in [0.3, 0.4) is 0 Å². The van der Waals surface area contributed by atoms with Crippen LogP contribution in [0.1, 0.15) is 34.1 Å². The maximum Gasteiger partial charge on any atom is 0.241 e. The molecule has 1 heterocycles. The number of rotatable bonds is 2. The molecule has 3 heteroatoms. The van der Waals surface area contributed by atoms with E-state index < -0.39 is 0 Å². The summed E-state index contributed by atoms with van der Waals surface area (Å²) in [5, 5.41) is 0. The minimum atomic E-state index is -0.234. The standard InChI is InChI=1S/C10H20N2O/c1-7(5-10(2,3)4)12-6-8(11)9(12)13/h7-8H,5-6,11H2,1-4H3. The van der Waals surface area contributed by atoms with Gasteiger partial charge in [0, 0.05) is 12.6 Å². The summed E-state index contributed by atoms with van der Waals surface area (Å²) >= 11 is 0. The van der Waals surface area contributed by atoms with E-state index >= 15 is 0 Å². The van der Waals surface area contributed by atoms with Gasteiger partial charge in [0.1, 0.15) is 6.04 Å². The van der Waals surface area contributed by atoms with Crippen LogP contribution >= 0.6 is 0 Å². The lowest BCUT2D eigenvalue weighted by molar-refractivity contribution is -0.145. The maximum absolute atomic E-state index is 11.3. The van der Waals surface area contributed by atoms with Crippen molar-refractivity contribution < 1.29 is 4.79 Å². The third-order valence-corrected chi connectivity index (χ3v) is 2.43. The lowest BCUT2D eigenvalue weighted by Gasteiger charge is -2.42. The van der Waals surface area contributed by atoms with Crippen LogP contribution in [0.2, 0.25) is 0 Å². The highest BCUT2D eigenvalue weighted by Gasteiger charge is 2.37. The van der Waals surface area contributed by atoms with Gasteiger partial charge >= 0.3 is 0 Å². The molecule has 1 rings (SSSR count). The number of nitrogens with two attached hydrogens (primary N) is 1. The monoisotopic (exact) mass is 184 g/mol. The van der Waals surface area contributed by atoms with Gasteiger partial charge in [-0.2, -0.15) is 0 Å². The molecular formula is C10H20N2O. The fourth-order valence-corrected chi connectivity index (χ4v) is 1.87. The van der Waals surface area contributed by atoms with Crippen molar-refractivity contribution in [2.45, 2.75) is 46.2 Å². The molecule has 0 saturated carbocycles. The van der Waals surface area contributed by atoms with Gasteiger partial charge in [-0.15, -0.1) is 0 Å². The number of likely N-dealkylation sites (tertiary alicyclic amines) is 1. The first-order valence-electron chi connectivity index (χ1n) is 4.87. The van der Waals surface area contributed by atoms with Gasteiger partial charge in [0.25, 0.3) is 0 Å². The number of hydrogen-bond acceptors (Lipinski definition) is 2. The molecule has 0 bridgehead atoms. The second kappa shape index (κ2) is 3.29. The fourth-order valence-electron chi connectivity index (χ4n) is 1.87. The van der Waals surface area contributed by atoms with Crippen molar-refractivity contribution in [3.8, 4) is 0 Å². The summed E-state index contributed by atoms with van der Waals surface area (Å²) in [5.74, 6) is 0.108. The Morgan fingerprint density at radius 2 is 2.15 bits per heavy atom. The molecule has 1 fully saturated rings. The van der Waals surface area contributed by atoms with E-state index in [9.17, 15) is 4.79 Å². The lowest BCUT2D eigenvalue weighted by Crippen LogP contribution is -2.63. The summed E-state index contributed by atoms with van der Waals surface area (Å²) in [4.78, 5) is 13.2. The van der Waals surface area contributed by atoms with Crippen molar-refractivity contribution in [1.82, 2.24) is 4.90 Å². The molecule has 0 radical (unpaired) electrons. The van der Waals surface area contributed by atoms with E-state index in [1.165, 1.54) is 0 Å². The smallest absolute Gasteiger partial charge is 0.241 e. The van der Waals surface area contributed by atoms with E-state index in [0.29, 0.717) is 6.04 Å². The zero-order chi connectivity index (χ0) is 10.2. The largest absolute Gasteiger partial charge is 0.336 e. The Labute approximate surface area is 80.3 Å². The number of β-lactam (4-membered cyclic amide) rings is 1. The number of hydrogen-bond donors (Lipinski definition) is 1. The maximum atomic E-state index is 11.3. The van der Waals surface area contributed by atoms with Crippen LogP contribution in [0.5, 0.6) is 0 Å². The van der Waals surface area contributed by atoms with Gasteiger partial charge < -0.3 is 10.6 Å². The molecule has 76 valence electrons. The van der Waals surface area contributed by atoms with Crippen LogP contribution in [0.4, 0.5) is 0 Å². The number of carbonyl (C=O) groups excluding carboxylic acids is 1. The van der Waals surface area contributed by atoms with E-state index in [-0.39, 0.29) is 17.4 Å². The normalized spacial score (nSPS) is 25.8. The lowest BCUT2D eigenvalue weighted by atomic mass is 9.87. The van der Waals surface area contributed by atoms with Crippen LogP contribution in [0, 0.1) is 5.41 Å². The second-order valence-electron chi connectivity index (χ2n) is 5.21. The zero-order valence-electron chi connectivity index (χ0n) is 9.00. The molecule has 2 N–H and O–H groups in total. The van der Waals surface area contributed by atoms with Crippen molar-refractivity contribution in [1.29, 1.82) is 0 Å². The molecule has 1 aliphatic heterocycles. The van der Waals surface area contributed by atoms with E-state index in [2.05, 4.69) is 27.7 Å². The van der Waals surface area contributed by atoms with Crippen LogP contribution in [0.15, 0.2) is 0 Å². The van der Waals surface area contributed by atoms with Gasteiger partial charge in [-0.05, 0) is 18.8 Å². The van der Waals surface area contributed by atoms with E-state index in [4.69, 9.17) is 5.73 Å². The van der Waals surface area contributed by atoms with Crippen molar-refractivity contribution in [3.63, 3.8) is 0 Å². The zero-order valence-corrected chi connectivity index (χ0v) is 9.00. The predicted octanol–water partition coefficient (Wildman–Crippen LogP) is 0.981. The first-order chi connectivity index (χ1) is 5.81. The molecule has 2 unspecified atom stereocenters. The third-order valence-electron chi connectivity index (χ3n) is 2.43. The van der Waals surface area contributed by atoms with E-state index in [0.717, 1.165) is 13.0 Å². The molecule has 13 heavy (non-hydrogen) atoms. The van der Waals surface area contributed by atoms with Crippen LogP contribution < -0.4 is 5.73 Å². The van der Waals surface area contributed by atoms with Crippen LogP contribution in [0.25, 0.3) is 0 Å². The number of nitrogens with zero attached hydrogens (tertiary/aromatic N) is 1. The van der Waals surface area contributed by atoms with Crippen LogP contribution in [-0.2, 0) is 4.79 Å². The number of carbonyl (C=O) groups is 1. The first-order valence-corrected chi connectivity index (χ1v) is 4.87. The van der Waals surface area contributed by atoms with Crippen molar-refractivity contribution in [2.75, 3.05) is 6.54 Å². The Hall–Kier alpha value is -0.570. The van der Waals surface area contributed by atoms with Crippen molar-refractivity contribution in [3.05, 3.63) is 0 Å². The highest BCUT2D eigenvalue weighted by Crippen LogP contribution is 2.25. The summed E-state index contributed by atoms with van der Waals surface area (Å²) in [5.41, 5.74) is 5.80. The molecule has 0 aliphatic carbocycles. The summed E-state index contributed by atoms with van der Waals surface area (Å²) in [6.45, 7) is 9.39. The van der Waals surface area contributed by atoms with Gasteiger partial charge in [-0.3, -0.25) is 4.79 Å². The number of amides is 1. The molecule has 3 nitrogen and oxygen atoms in total. The SMILES string of the molecule is CC(CC(C)(C)C)N1CC(N)C1=O. The Kier molecular flexibility index (Phi) is 2.66. The molecule has 1 amide bonds. The molecule has 0 aromatic heterocycles. The van der Waals surface area contributed by atoms with Crippen molar-refractivity contribution in [2.24, 2.45) is 11.1 Å². The summed E-state index contributed by atoms with van der Waals surface area (Å²) in [6.07, 6.45) is 1.03. The molecule has 0 spiro atoms. The minimum Gasteiger partial charge on any atom is -0.336 e. The molecule has 1 aliphatic rings. The summed E-state index contributed by atoms with van der Waals surface area (Å²) in [6, 6.07) is 0.0923. The Morgan fingerprint density at radius 1 is 1.62 bits per heavy atom.